The number of methoxy groups -OCH3 is 1. The van der Waals surface area contributed by atoms with Gasteiger partial charge in [-0.2, -0.15) is 15.0 Å². The molecule has 0 saturated carbocycles. The quantitative estimate of drug-likeness (QED) is 0.587. The molecule has 2 heterocycles. The minimum absolute atomic E-state index is 0.207. The van der Waals surface area contributed by atoms with Gasteiger partial charge in [0.25, 0.3) is 0 Å². The molecule has 2 aromatic rings. The van der Waals surface area contributed by atoms with Gasteiger partial charge in [-0.15, -0.1) is 11.3 Å². The fourth-order valence-corrected chi connectivity index (χ4v) is 1.85. The van der Waals surface area contributed by atoms with Gasteiger partial charge in [-0.25, -0.2) is 10.8 Å². The van der Waals surface area contributed by atoms with Gasteiger partial charge in [0, 0.05) is 12.4 Å². The second kappa shape index (κ2) is 5.56. The SMILES string of the molecule is COc1nc(NN)nc(N(C)Cc2cscn2)n1. The summed E-state index contributed by atoms with van der Waals surface area (Å²) in [5, 5.41) is 1.97. The van der Waals surface area contributed by atoms with Crippen LogP contribution in [-0.2, 0) is 6.54 Å². The number of nitrogens with one attached hydrogen (secondary N) is 1. The third-order valence-corrected chi connectivity index (χ3v) is 2.77. The molecule has 0 radical (unpaired) electrons. The maximum Gasteiger partial charge on any atom is 0.322 e. The summed E-state index contributed by atoms with van der Waals surface area (Å²) >= 11 is 1.54. The number of hydrogen-bond acceptors (Lipinski definition) is 9. The van der Waals surface area contributed by atoms with Crippen LogP contribution >= 0.6 is 11.3 Å². The lowest BCUT2D eigenvalue weighted by Gasteiger charge is -2.16. The van der Waals surface area contributed by atoms with E-state index in [0.29, 0.717) is 12.5 Å². The Morgan fingerprint density at radius 1 is 1.44 bits per heavy atom. The molecule has 0 fully saturated rings. The highest BCUT2D eigenvalue weighted by atomic mass is 32.1. The fraction of sp³-hybridized carbons (Fsp3) is 0.333. The highest BCUT2D eigenvalue weighted by Gasteiger charge is 2.11. The highest BCUT2D eigenvalue weighted by Crippen LogP contribution is 2.15. The zero-order valence-corrected chi connectivity index (χ0v) is 10.8. The van der Waals surface area contributed by atoms with Gasteiger partial charge in [0.05, 0.1) is 24.9 Å². The lowest BCUT2D eigenvalue weighted by atomic mass is 10.4. The lowest BCUT2D eigenvalue weighted by molar-refractivity contribution is 0.379. The van der Waals surface area contributed by atoms with E-state index in [9.17, 15) is 0 Å². The van der Waals surface area contributed by atoms with Gasteiger partial charge in [-0.05, 0) is 0 Å². The Bertz CT molecular complexity index is 481. The lowest BCUT2D eigenvalue weighted by Crippen LogP contribution is -2.21. The van der Waals surface area contributed by atoms with Crippen molar-refractivity contribution in [3.05, 3.63) is 16.6 Å². The summed E-state index contributed by atoms with van der Waals surface area (Å²) in [5.74, 6) is 6.00. The van der Waals surface area contributed by atoms with E-state index in [1.807, 2.05) is 17.3 Å². The van der Waals surface area contributed by atoms with Crippen LogP contribution in [0.3, 0.4) is 0 Å². The van der Waals surface area contributed by atoms with Gasteiger partial charge in [-0.3, -0.25) is 5.43 Å². The number of hydrogen-bond donors (Lipinski definition) is 2. The van der Waals surface area contributed by atoms with Crippen LogP contribution in [0.2, 0.25) is 0 Å². The maximum atomic E-state index is 5.29. The highest BCUT2D eigenvalue weighted by molar-refractivity contribution is 7.07. The van der Waals surface area contributed by atoms with E-state index in [0.717, 1.165) is 5.69 Å². The molecule has 8 nitrogen and oxygen atoms in total. The van der Waals surface area contributed by atoms with E-state index in [1.165, 1.54) is 7.11 Å². The number of hydrazine groups is 1. The van der Waals surface area contributed by atoms with Crippen molar-refractivity contribution >= 4 is 23.2 Å². The third-order valence-electron chi connectivity index (χ3n) is 2.14. The van der Waals surface area contributed by atoms with Gasteiger partial charge < -0.3 is 9.64 Å². The third kappa shape index (κ3) is 2.81. The molecule has 0 aliphatic carbocycles. The standard InChI is InChI=1S/C9H13N7OS/c1-16(3-6-4-18-5-11-6)8-12-7(15-10)13-9(14-8)17-2/h4-5H,3,10H2,1-2H3,(H,12,13,14,15). The molecule has 0 aliphatic rings. The van der Waals surface area contributed by atoms with E-state index >= 15 is 0 Å². The summed E-state index contributed by atoms with van der Waals surface area (Å²) < 4.78 is 4.98. The first-order valence-electron chi connectivity index (χ1n) is 5.08. The second-order valence-electron chi connectivity index (χ2n) is 3.43. The Hall–Kier alpha value is -2.00. The van der Waals surface area contributed by atoms with E-state index in [4.69, 9.17) is 10.6 Å². The predicted octanol–water partition coefficient (Wildman–Crippen LogP) is 0.259. The van der Waals surface area contributed by atoms with Crippen LogP contribution in [0.25, 0.3) is 0 Å². The van der Waals surface area contributed by atoms with Crippen molar-refractivity contribution in [3.63, 3.8) is 0 Å². The average Bonchev–Trinajstić information content (AvgIpc) is 2.90. The zero-order valence-electron chi connectivity index (χ0n) is 9.99. The summed E-state index contributed by atoms with van der Waals surface area (Å²) in [5.41, 5.74) is 5.10. The topological polar surface area (TPSA) is 102 Å². The molecule has 0 bridgehead atoms. The van der Waals surface area contributed by atoms with E-state index in [1.54, 1.807) is 16.8 Å². The number of nitrogens with two attached hydrogens (primary N) is 1. The molecule has 0 unspecified atom stereocenters. The minimum atomic E-state index is 0.207. The van der Waals surface area contributed by atoms with Gasteiger partial charge in [0.1, 0.15) is 0 Å². The maximum absolute atomic E-state index is 5.29. The van der Waals surface area contributed by atoms with Gasteiger partial charge in [-0.1, -0.05) is 0 Å². The molecular formula is C9H13N7OS. The molecule has 96 valence electrons. The molecule has 3 N–H and O–H groups in total. The molecule has 0 saturated heterocycles. The molecule has 2 aromatic heterocycles. The first-order chi connectivity index (χ1) is 8.72. The Morgan fingerprint density at radius 2 is 2.28 bits per heavy atom. The van der Waals surface area contributed by atoms with Crippen molar-refractivity contribution in [2.45, 2.75) is 6.54 Å². The summed E-state index contributed by atoms with van der Waals surface area (Å²) in [4.78, 5) is 18.2. The number of aromatic nitrogens is 4. The summed E-state index contributed by atoms with van der Waals surface area (Å²) in [6.07, 6.45) is 0. The van der Waals surface area contributed by atoms with Crippen LogP contribution in [0.4, 0.5) is 11.9 Å². The second-order valence-corrected chi connectivity index (χ2v) is 4.14. The average molecular weight is 267 g/mol. The van der Waals surface area contributed by atoms with E-state index < -0.39 is 0 Å². The number of rotatable bonds is 5. The van der Waals surface area contributed by atoms with Crippen molar-refractivity contribution in [3.8, 4) is 6.01 Å². The fourth-order valence-electron chi connectivity index (χ4n) is 1.30. The van der Waals surface area contributed by atoms with Crippen LogP contribution in [0.1, 0.15) is 5.69 Å². The molecular weight excluding hydrogens is 254 g/mol. The largest absolute Gasteiger partial charge is 0.467 e. The first-order valence-corrected chi connectivity index (χ1v) is 6.02. The molecule has 0 atom stereocenters. The predicted molar refractivity (Wildman–Crippen MR) is 68.4 cm³/mol. The molecule has 18 heavy (non-hydrogen) atoms. The van der Waals surface area contributed by atoms with Crippen molar-refractivity contribution in [1.82, 2.24) is 19.9 Å². The Balaban J connectivity index is 2.20. The molecule has 0 spiro atoms. The Labute approximate surface area is 108 Å². The van der Waals surface area contributed by atoms with Crippen LogP contribution in [0, 0.1) is 0 Å². The number of nitrogens with zero attached hydrogens (tertiary/aromatic N) is 5. The monoisotopic (exact) mass is 267 g/mol. The first kappa shape index (κ1) is 12.5. The van der Waals surface area contributed by atoms with Gasteiger partial charge >= 0.3 is 6.01 Å². The van der Waals surface area contributed by atoms with Crippen LogP contribution in [-0.4, -0.2) is 34.1 Å². The van der Waals surface area contributed by atoms with Crippen LogP contribution in [0.5, 0.6) is 6.01 Å². The summed E-state index contributed by atoms with van der Waals surface area (Å²) in [7, 11) is 3.34. The van der Waals surface area contributed by atoms with Crippen LogP contribution < -0.4 is 20.9 Å². The number of ether oxygens (including phenoxy) is 1. The summed E-state index contributed by atoms with van der Waals surface area (Å²) in [6.45, 7) is 0.598. The van der Waals surface area contributed by atoms with E-state index in [2.05, 4.69) is 25.4 Å². The smallest absolute Gasteiger partial charge is 0.322 e. The van der Waals surface area contributed by atoms with Crippen LogP contribution in [0.15, 0.2) is 10.9 Å². The number of thiazole rings is 1. The molecule has 0 aliphatic heterocycles. The minimum Gasteiger partial charge on any atom is -0.467 e. The van der Waals surface area contributed by atoms with Crippen molar-refractivity contribution < 1.29 is 4.74 Å². The van der Waals surface area contributed by atoms with Gasteiger partial charge in [0.15, 0.2) is 0 Å². The van der Waals surface area contributed by atoms with Crippen molar-refractivity contribution in [2.24, 2.45) is 5.84 Å². The zero-order chi connectivity index (χ0) is 13.0. The Kier molecular flexibility index (Phi) is 3.85. The van der Waals surface area contributed by atoms with Crippen molar-refractivity contribution in [2.75, 3.05) is 24.5 Å². The summed E-state index contributed by atoms with van der Waals surface area (Å²) in [6, 6.07) is 0.207. The molecule has 0 amide bonds. The Morgan fingerprint density at radius 3 is 2.89 bits per heavy atom. The van der Waals surface area contributed by atoms with E-state index in [-0.39, 0.29) is 12.0 Å². The normalized spacial score (nSPS) is 10.2. The molecule has 0 aromatic carbocycles. The molecule has 2 rings (SSSR count). The molecule has 9 heteroatoms. The number of nitrogen functional groups attached to an aromatic ring is 1. The van der Waals surface area contributed by atoms with Gasteiger partial charge in [0.2, 0.25) is 11.9 Å². The number of anilines is 2. The van der Waals surface area contributed by atoms with Crippen molar-refractivity contribution in [1.29, 1.82) is 0 Å².